The summed E-state index contributed by atoms with van der Waals surface area (Å²) < 4.78 is 0. The lowest BCUT2D eigenvalue weighted by molar-refractivity contribution is -0.131. The van der Waals surface area contributed by atoms with E-state index in [1.165, 1.54) is 0 Å². The van der Waals surface area contributed by atoms with Gasteiger partial charge in [-0.15, -0.1) is 0 Å². The van der Waals surface area contributed by atoms with Crippen molar-refractivity contribution in [3.63, 3.8) is 0 Å². The van der Waals surface area contributed by atoms with E-state index < -0.39 is 5.60 Å². The van der Waals surface area contributed by atoms with Crippen LogP contribution in [0.1, 0.15) is 18.7 Å². The summed E-state index contributed by atoms with van der Waals surface area (Å²) in [5.74, 6) is 0.919. The average molecular weight is 316 g/mol. The van der Waals surface area contributed by atoms with Crippen LogP contribution in [0.25, 0.3) is 11.0 Å². The summed E-state index contributed by atoms with van der Waals surface area (Å²) in [4.78, 5) is 23.8. The fourth-order valence-electron chi connectivity index (χ4n) is 3.29. The van der Waals surface area contributed by atoms with Gasteiger partial charge in [-0.05, 0) is 32.6 Å². The van der Waals surface area contributed by atoms with Crippen LogP contribution in [-0.4, -0.2) is 70.1 Å². The number of benzene rings is 1. The highest BCUT2D eigenvalue weighted by atomic mass is 16.3. The van der Waals surface area contributed by atoms with Crippen molar-refractivity contribution >= 4 is 16.9 Å². The number of para-hydroxylation sites is 2. The van der Waals surface area contributed by atoms with E-state index >= 15 is 0 Å². The fourth-order valence-corrected chi connectivity index (χ4v) is 3.29. The average Bonchev–Trinajstić information content (AvgIpc) is 3.07. The van der Waals surface area contributed by atoms with Crippen molar-refractivity contribution in [2.75, 3.05) is 33.7 Å². The number of carbonyl (C=O) groups is 1. The normalized spacial score (nSPS) is 21.5. The van der Waals surface area contributed by atoms with E-state index in [9.17, 15) is 9.90 Å². The third kappa shape index (κ3) is 3.71. The molecule has 1 unspecified atom stereocenters. The largest absolute Gasteiger partial charge is 0.387 e. The summed E-state index contributed by atoms with van der Waals surface area (Å²) >= 11 is 0. The van der Waals surface area contributed by atoms with Crippen molar-refractivity contribution < 1.29 is 9.90 Å². The van der Waals surface area contributed by atoms with E-state index in [-0.39, 0.29) is 5.91 Å². The van der Waals surface area contributed by atoms with Gasteiger partial charge in [-0.25, -0.2) is 4.98 Å². The minimum Gasteiger partial charge on any atom is -0.387 e. The predicted octanol–water partition coefficient (Wildman–Crippen LogP) is 1.02. The van der Waals surface area contributed by atoms with Crippen LogP contribution in [-0.2, 0) is 11.2 Å². The van der Waals surface area contributed by atoms with E-state index in [0.717, 1.165) is 16.9 Å². The number of fused-ring (bicyclic) bond motifs is 1. The molecule has 1 aliphatic rings. The molecule has 0 saturated carbocycles. The maximum atomic E-state index is 12.4. The molecular formula is C17H24N4O2. The molecule has 1 saturated heterocycles. The summed E-state index contributed by atoms with van der Waals surface area (Å²) in [7, 11) is 3.87. The van der Waals surface area contributed by atoms with Crippen LogP contribution in [0, 0.1) is 0 Å². The van der Waals surface area contributed by atoms with E-state index in [1.54, 1.807) is 4.90 Å². The number of hydrogen-bond acceptors (Lipinski definition) is 4. The van der Waals surface area contributed by atoms with Gasteiger partial charge in [-0.2, -0.15) is 0 Å². The number of aromatic nitrogens is 2. The van der Waals surface area contributed by atoms with Crippen molar-refractivity contribution in [1.82, 2.24) is 19.8 Å². The molecule has 0 spiro atoms. The second-order valence-electron chi connectivity index (χ2n) is 6.73. The molecule has 0 bridgehead atoms. The Hall–Kier alpha value is -1.92. The molecule has 1 amide bonds. The Morgan fingerprint density at radius 2 is 2.22 bits per heavy atom. The van der Waals surface area contributed by atoms with Gasteiger partial charge in [0.25, 0.3) is 0 Å². The Morgan fingerprint density at radius 1 is 1.43 bits per heavy atom. The molecule has 0 aliphatic carbocycles. The molecule has 3 rings (SSSR count). The Balaban J connectivity index is 1.55. The summed E-state index contributed by atoms with van der Waals surface area (Å²) in [6.07, 6.45) is 1.65. The molecule has 124 valence electrons. The van der Waals surface area contributed by atoms with Crippen LogP contribution in [0.4, 0.5) is 0 Å². The number of hydrogen-bond donors (Lipinski definition) is 2. The first-order valence-corrected chi connectivity index (χ1v) is 8.04. The number of aliphatic hydroxyl groups is 1. The van der Waals surface area contributed by atoms with Crippen LogP contribution in [0.3, 0.4) is 0 Å². The highest BCUT2D eigenvalue weighted by molar-refractivity contribution is 5.77. The van der Waals surface area contributed by atoms with Gasteiger partial charge in [0.2, 0.25) is 5.91 Å². The van der Waals surface area contributed by atoms with E-state index in [2.05, 4.69) is 9.97 Å². The maximum absolute atomic E-state index is 12.4. The molecule has 1 aromatic heterocycles. The number of amides is 1. The molecule has 1 atom stereocenters. The Labute approximate surface area is 136 Å². The van der Waals surface area contributed by atoms with Gasteiger partial charge >= 0.3 is 0 Å². The fraction of sp³-hybridized carbons (Fsp3) is 0.529. The van der Waals surface area contributed by atoms with Crippen LogP contribution < -0.4 is 0 Å². The molecule has 1 aromatic carbocycles. The first-order chi connectivity index (χ1) is 11.0. The Morgan fingerprint density at radius 3 is 2.96 bits per heavy atom. The Kier molecular flexibility index (Phi) is 4.37. The van der Waals surface area contributed by atoms with Crippen molar-refractivity contribution in [3.8, 4) is 0 Å². The lowest BCUT2D eigenvalue weighted by Crippen LogP contribution is -2.43. The minimum absolute atomic E-state index is 0.0835. The van der Waals surface area contributed by atoms with Gasteiger partial charge < -0.3 is 19.9 Å². The number of likely N-dealkylation sites (N-methyl/N-ethyl adjacent to an activating group) is 1. The highest BCUT2D eigenvalue weighted by Crippen LogP contribution is 2.23. The molecule has 0 radical (unpaired) electrons. The molecule has 6 heteroatoms. The second kappa shape index (κ2) is 6.29. The predicted molar refractivity (Wildman–Crippen MR) is 89.1 cm³/mol. The molecular weight excluding hydrogens is 292 g/mol. The number of H-pyrrole nitrogens is 1. The zero-order valence-electron chi connectivity index (χ0n) is 13.7. The van der Waals surface area contributed by atoms with Crippen molar-refractivity contribution in [2.45, 2.75) is 24.9 Å². The van der Waals surface area contributed by atoms with Gasteiger partial charge in [0.15, 0.2) is 0 Å². The zero-order chi connectivity index (χ0) is 16.4. The summed E-state index contributed by atoms with van der Waals surface area (Å²) in [5, 5.41) is 10.5. The third-order valence-corrected chi connectivity index (χ3v) is 4.31. The van der Waals surface area contributed by atoms with E-state index in [1.807, 2.05) is 43.3 Å². The van der Waals surface area contributed by atoms with Gasteiger partial charge in [0.05, 0.1) is 23.2 Å². The van der Waals surface area contributed by atoms with Gasteiger partial charge in [0, 0.05) is 25.9 Å². The Bertz CT molecular complexity index is 664. The molecule has 2 N–H and O–H groups in total. The molecule has 2 heterocycles. The van der Waals surface area contributed by atoms with Gasteiger partial charge in [-0.1, -0.05) is 12.1 Å². The summed E-state index contributed by atoms with van der Waals surface area (Å²) in [6, 6.07) is 7.85. The molecule has 1 aliphatic heterocycles. The van der Waals surface area contributed by atoms with Crippen molar-refractivity contribution in [3.05, 3.63) is 30.1 Å². The lowest BCUT2D eigenvalue weighted by atomic mass is 10.0. The first-order valence-electron chi connectivity index (χ1n) is 8.04. The molecule has 6 nitrogen and oxygen atoms in total. The number of aryl methyl sites for hydroxylation is 1. The SMILES string of the molecule is CN(C)CC1(O)CCN(C(=O)CCc2nc3ccccc3[nH]2)C1. The summed E-state index contributed by atoms with van der Waals surface area (Å²) in [5.41, 5.74) is 1.14. The van der Waals surface area contributed by atoms with Gasteiger partial charge in [0.1, 0.15) is 5.82 Å². The molecule has 2 aromatic rings. The number of imidazole rings is 1. The number of carbonyl (C=O) groups excluding carboxylic acids is 1. The number of aromatic amines is 1. The van der Waals surface area contributed by atoms with Crippen LogP contribution in [0.15, 0.2) is 24.3 Å². The van der Waals surface area contributed by atoms with Crippen LogP contribution in [0.2, 0.25) is 0 Å². The van der Waals surface area contributed by atoms with Crippen molar-refractivity contribution in [1.29, 1.82) is 0 Å². The number of nitrogens with one attached hydrogen (secondary N) is 1. The number of nitrogens with zero attached hydrogens (tertiary/aromatic N) is 3. The van der Waals surface area contributed by atoms with Crippen LogP contribution >= 0.6 is 0 Å². The van der Waals surface area contributed by atoms with E-state index in [0.29, 0.717) is 38.9 Å². The van der Waals surface area contributed by atoms with Gasteiger partial charge in [-0.3, -0.25) is 4.79 Å². The number of β-amino-alcohol motifs (C(OH)–C–C–N with tert-alkyl or cyclic N) is 1. The first kappa shape index (κ1) is 16.0. The number of likely N-dealkylation sites (tertiary alicyclic amines) is 1. The smallest absolute Gasteiger partial charge is 0.223 e. The lowest BCUT2D eigenvalue weighted by Gasteiger charge is -2.26. The zero-order valence-corrected chi connectivity index (χ0v) is 13.7. The topological polar surface area (TPSA) is 72.5 Å². The monoisotopic (exact) mass is 316 g/mol. The van der Waals surface area contributed by atoms with Crippen molar-refractivity contribution in [2.24, 2.45) is 0 Å². The molecule has 23 heavy (non-hydrogen) atoms. The maximum Gasteiger partial charge on any atom is 0.223 e. The summed E-state index contributed by atoms with van der Waals surface area (Å²) in [6.45, 7) is 1.63. The highest BCUT2D eigenvalue weighted by Gasteiger charge is 2.38. The number of rotatable bonds is 5. The van der Waals surface area contributed by atoms with E-state index in [4.69, 9.17) is 0 Å². The molecule has 1 fully saturated rings. The second-order valence-corrected chi connectivity index (χ2v) is 6.73. The quantitative estimate of drug-likeness (QED) is 0.864. The third-order valence-electron chi connectivity index (χ3n) is 4.31. The van der Waals surface area contributed by atoms with Crippen LogP contribution in [0.5, 0.6) is 0 Å². The standard InChI is InChI=1S/C17H24N4O2/c1-20(2)11-17(23)9-10-21(12-17)16(22)8-7-15-18-13-5-3-4-6-14(13)19-15/h3-6,23H,7-12H2,1-2H3,(H,18,19). The minimum atomic E-state index is -0.779.